The van der Waals surface area contributed by atoms with Gasteiger partial charge in [0.1, 0.15) is 0 Å². The number of benzene rings is 1. The van der Waals surface area contributed by atoms with Crippen LogP contribution in [0.5, 0.6) is 0 Å². The van der Waals surface area contributed by atoms with Crippen LogP contribution in [0.3, 0.4) is 0 Å². The molecule has 0 bridgehead atoms. The van der Waals surface area contributed by atoms with Crippen LogP contribution >= 0.6 is 11.6 Å². The molecule has 3 rings (SSSR count). The summed E-state index contributed by atoms with van der Waals surface area (Å²) in [6, 6.07) is 7.27. The van der Waals surface area contributed by atoms with E-state index in [-0.39, 0.29) is 12.3 Å². The molecule has 1 aliphatic rings. The Morgan fingerprint density at radius 1 is 1.32 bits per heavy atom. The predicted octanol–water partition coefficient (Wildman–Crippen LogP) is 3.35. The first-order chi connectivity index (χ1) is 11.9. The molecule has 0 aliphatic heterocycles. The summed E-state index contributed by atoms with van der Waals surface area (Å²) in [4.78, 5) is 23.9. The van der Waals surface area contributed by atoms with Gasteiger partial charge in [0.05, 0.1) is 40.1 Å². The van der Waals surface area contributed by atoms with Gasteiger partial charge in [0.25, 0.3) is 5.91 Å². The first kappa shape index (κ1) is 17.5. The second-order valence-corrected chi connectivity index (χ2v) is 6.93. The highest BCUT2D eigenvalue weighted by Gasteiger charge is 2.38. The molecule has 6 nitrogen and oxygen atoms in total. The van der Waals surface area contributed by atoms with Crippen molar-refractivity contribution in [2.45, 2.75) is 44.6 Å². The number of nitrogens with zero attached hydrogens (tertiary/aromatic N) is 2. The molecular weight excluding hydrogens is 342 g/mol. The van der Waals surface area contributed by atoms with Crippen LogP contribution in [0.25, 0.3) is 5.69 Å². The van der Waals surface area contributed by atoms with E-state index in [4.69, 9.17) is 11.6 Å². The maximum absolute atomic E-state index is 12.7. The lowest BCUT2D eigenvalue weighted by Gasteiger charge is -2.28. The Balaban J connectivity index is 1.86. The first-order valence-electron chi connectivity index (χ1n) is 8.26. The molecule has 1 saturated carbocycles. The van der Waals surface area contributed by atoms with Gasteiger partial charge in [0.2, 0.25) is 0 Å². The fourth-order valence-electron chi connectivity index (χ4n) is 3.49. The van der Waals surface area contributed by atoms with Crippen LogP contribution in [-0.4, -0.2) is 32.3 Å². The van der Waals surface area contributed by atoms with Crippen molar-refractivity contribution in [2.75, 3.05) is 0 Å². The summed E-state index contributed by atoms with van der Waals surface area (Å²) in [5, 5.41) is 17.0. The molecule has 1 heterocycles. The van der Waals surface area contributed by atoms with Crippen LogP contribution < -0.4 is 5.32 Å². The minimum absolute atomic E-state index is 0.0591. The standard InChI is InChI=1S/C18H20ClN3O3/c1-12-13(11-20-22(12)15-7-3-2-6-14(15)19)17(25)21-18(10-16(23)24)8-4-5-9-18/h2-3,6-7,11H,4-5,8-10H2,1H3,(H,21,25)(H,23,24). The maximum Gasteiger partial charge on any atom is 0.305 e. The molecule has 1 aromatic carbocycles. The zero-order chi connectivity index (χ0) is 18.0. The van der Waals surface area contributed by atoms with Crippen molar-refractivity contribution in [3.05, 3.63) is 46.7 Å². The van der Waals surface area contributed by atoms with Crippen LogP contribution in [0, 0.1) is 6.92 Å². The number of aliphatic carboxylic acids is 1. The van der Waals surface area contributed by atoms with Crippen LogP contribution in [0.4, 0.5) is 0 Å². The number of hydrogen-bond acceptors (Lipinski definition) is 3. The normalized spacial score (nSPS) is 15.9. The van der Waals surface area contributed by atoms with Gasteiger partial charge in [-0.2, -0.15) is 5.10 Å². The number of carbonyl (C=O) groups excluding carboxylic acids is 1. The number of halogens is 1. The molecule has 0 unspecified atom stereocenters. The fourth-order valence-corrected chi connectivity index (χ4v) is 3.71. The van der Waals surface area contributed by atoms with Gasteiger partial charge < -0.3 is 10.4 Å². The third kappa shape index (κ3) is 3.54. The molecule has 7 heteroatoms. The summed E-state index contributed by atoms with van der Waals surface area (Å²) in [5.74, 6) is -1.19. The van der Waals surface area contributed by atoms with Crippen LogP contribution in [0.1, 0.15) is 48.2 Å². The number of hydrogen-bond donors (Lipinski definition) is 2. The molecule has 2 aromatic rings. The third-order valence-electron chi connectivity index (χ3n) is 4.76. The monoisotopic (exact) mass is 361 g/mol. The zero-order valence-corrected chi connectivity index (χ0v) is 14.7. The van der Waals surface area contributed by atoms with Gasteiger partial charge in [0, 0.05) is 0 Å². The van der Waals surface area contributed by atoms with E-state index in [1.54, 1.807) is 17.7 Å². The number of nitrogens with one attached hydrogen (secondary N) is 1. The molecule has 0 spiro atoms. The zero-order valence-electron chi connectivity index (χ0n) is 14.0. The average Bonchev–Trinajstić information content (AvgIpc) is 3.14. The average molecular weight is 362 g/mol. The summed E-state index contributed by atoms with van der Waals surface area (Å²) in [6.45, 7) is 1.80. The molecule has 1 aliphatic carbocycles. The Morgan fingerprint density at radius 2 is 2.00 bits per heavy atom. The maximum atomic E-state index is 12.7. The molecule has 1 aromatic heterocycles. The van der Waals surface area contributed by atoms with E-state index in [1.807, 2.05) is 18.2 Å². The molecular formula is C18H20ClN3O3. The molecule has 132 valence electrons. The van der Waals surface area contributed by atoms with Gasteiger partial charge in [-0.15, -0.1) is 0 Å². The number of carboxylic acids is 1. The van der Waals surface area contributed by atoms with E-state index in [1.165, 1.54) is 6.20 Å². The topological polar surface area (TPSA) is 84.2 Å². The molecule has 25 heavy (non-hydrogen) atoms. The number of para-hydroxylation sites is 1. The van der Waals surface area contributed by atoms with Crippen molar-refractivity contribution in [1.29, 1.82) is 0 Å². The van der Waals surface area contributed by atoms with E-state index < -0.39 is 11.5 Å². The van der Waals surface area contributed by atoms with Crippen LogP contribution in [0.2, 0.25) is 5.02 Å². The van der Waals surface area contributed by atoms with E-state index in [0.29, 0.717) is 34.8 Å². The van der Waals surface area contributed by atoms with E-state index >= 15 is 0 Å². The summed E-state index contributed by atoms with van der Waals surface area (Å²) in [7, 11) is 0. The van der Waals surface area contributed by atoms with E-state index in [0.717, 1.165) is 12.8 Å². The van der Waals surface area contributed by atoms with Crippen molar-refractivity contribution < 1.29 is 14.7 Å². The van der Waals surface area contributed by atoms with Gasteiger partial charge >= 0.3 is 5.97 Å². The lowest BCUT2D eigenvalue weighted by molar-refractivity contribution is -0.138. The molecule has 0 atom stereocenters. The van der Waals surface area contributed by atoms with Gasteiger partial charge in [0.15, 0.2) is 0 Å². The van der Waals surface area contributed by atoms with Gasteiger partial charge in [-0.3, -0.25) is 9.59 Å². The largest absolute Gasteiger partial charge is 0.481 e. The lowest BCUT2D eigenvalue weighted by atomic mass is 9.92. The quantitative estimate of drug-likeness (QED) is 0.855. The third-order valence-corrected chi connectivity index (χ3v) is 5.08. The van der Waals surface area contributed by atoms with Crippen molar-refractivity contribution in [2.24, 2.45) is 0 Å². The Kier molecular flexibility index (Phi) is 4.81. The molecule has 2 N–H and O–H groups in total. The number of rotatable bonds is 5. The SMILES string of the molecule is Cc1c(C(=O)NC2(CC(=O)O)CCCC2)cnn1-c1ccccc1Cl. The van der Waals surface area contributed by atoms with Gasteiger partial charge in [-0.25, -0.2) is 4.68 Å². The number of amides is 1. The van der Waals surface area contributed by atoms with E-state index in [2.05, 4.69) is 10.4 Å². The smallest absolute Gasteiger partial charge is 0.305 e. The fraction of sp³-hybridized carbons (Fsp3) is 0.389. The summed E-state index contributed by atoms with van der Waals surface area (Å²) >= 11 is 6.21. The summed E-state index contributed by atoms with van der Waals surface area (Å²) in [5.41, 5.74) is 1.12. The lowest BCUT2D eigenvalue weighted by Crippen LogP contribution is -2.47. The highest BCUT2D eigenvalue weighted by atomic mass is 35.5. The van der Waals surface area contributed by atoms with Crippen molar-refractivity contribution >= 4 is 23.5 Å². The Bertz CT molecular complexity index is 810. The number of aromatic nitrogens is 2. The highest BCUT2D eigenvalue weighted by molar-refractivity contribution is 6.32. The summed E-state index contributed by atoms with van der Waals surface area (Å²) in [6.07, 6.45) is 4.65. The van der Waals surface area contributed by atoms with Crippen LogP contribution in [0.15, 0.2) is 30.5 Å². The second kappa shape index (κ2) is 6.88. The molecule has 1 fully saturated rings. The molecule has 0 saturated heterocycles. The van der Waals surface area contributed by atoms with Crippen molar-refractivity contribution in [1.82, 2.24) is 15.1 Å². The van der Waals surface area contributed by atoms with Gasteiger partial charge in [-0.05, 0) is 31.9 Å². The minimum atomic E-state index is -0.898. The second-order valence-electron chi connectivity index (χ2n) is 6.52. The molecule has 0 radical (unpaired) electrons. The van der Waals surface area contributed by atoms with Gasteiger partial charge in [-0.1, -0.05) is 36.6 Å². The highest BCUT2D eigenvalue weighted by Crippen LogP contribution is 2.33. The minimum Gasteiger partial charge on any atom is -0.481 e. The van der Waals surface area contributed by atoms with Crippen molar-refractivity contribution in [3.63, 3.8) is 0 Å². The van der Waals surface area contributed by atoms with E-state index in [9.17, 15) is 14.7 Å². The number of carbonyl (C=O) groups is 2. The van der Waals surface area contributed by atoms with Crippen molar-refractivity contribution in [3.8, 4) is 5.69 Å². The Morgan fingerprint density at radius 3 is 2.64 bits per heavy atom. The Labute approximate surface area is 150 Å². The summed E-state index contributed by atoms with van der Waals surface area (Å²) < 4.78 is 1.62. The number of carboxylic acid groups (broad SMARTS) is 1. The Hall–Kier alpha value is -2.34. The first-order valence-corrected chi connectivity index (χ1v) is 8.63. The predicted molar refractivity (Wildman–Crippen MR) is 94.2 cm³/mol. The molecule has 1 amide bonds. The van der Waals surface area contributed by atoms with Crippen LogP contribution in [-0.2, 0) is 4.79 Å².